The van der Waals surface area contributed by atoms with Crippen molar-refractivity contribution in [1.29, 1.82) is 5.26 Å². The first-order valence-corrected chi connectivity index (χ1v) is 10.4. The van der Waals surface area contributed by atoms with E-state index in [1.807, 2.05) is 10.9 Å². The van der Waals surface area contributed by atoms with E-state index in [1.54, 1.807) is 6.20 Å². The molecule has 2 aliphatic rings. The quantitative estimate of drug-likeness (QED) is 0.818. The molecule has 2 fully saturated rings. The molecule has 7 nitrogen and oxygen atoms in total. The third-order valence-electron chi connectivity index (χ3n) is 5.49. The molecule has 8 heteroatoms. The lowest BCUT2D eigenvalue weighted by Gasteiger charge is -2.28. The van der Waals surface area contributed by atoms with Crippen LogP contribution in [0.4, 0.5) is 5.95 Å². The van der Waals surface area contributed by atoms with Crippen LogP contribution in [0.1, 0.15) is 51.0 Å². The van der Waals surface area contributed by atoms with Gasteiger partial charge in [-0.1, -0.05) is 30.9 Å². The zero-order chi connectivity index (χ0) is 19.9. The van der Waals surface area contributed by atoms with E-state index < -0.39 is 0 Å². The summed E-state index contributed by atoms with van der Waals surface area (Å²) in [5.74, 6) is 0.611. The number of aromatic nitrogens is 4. The van der Waals surface area contributed by atoms with Crippen molar-refractivity contribution >= 4 is 17.5 Å². The number of likely N-dealkylation sites (tertiary alicyclic amines) is 1. The predicted octanol–water partition coefficient (Wildman–Crippen LogP) is 3.93. The summed E-state index contributed by atoms with van der Waals surface area (Å²) in [6, 6.07) is 2.75. The van der Waals surface area contributed by atoms with Gasteiger partial charge in [0.1, 0.15) is 0 Å². The van der Waals surface area contributed by atoms with E-state index in [1.165, 1.54) is 25.5 Å². The lowest BCUT2D eigenvalue weighted by Crippen LogP contribution is -2.31. The molecule has 0 bridgehead atoms. The van der Waals surface area contributed by atoms with E-state index in [4.69, 9.17) is 22.6 Å². The maximum atomic E-state index is 8.44. The van der Waals surface area contributed by atoms with Crippen LogP contribution in [0, 0.1) is 17.2 Å². The van der Waals surface area contributed by atoms with Gasteiger partial charge in [0.05, 0.1) is 35.2 Å². The van der Waals surface area contributed by atoms with Crippen LogP contribution < -0.4 is 5.73 Å². The van der Waals surface area contributed by atoms with Gasteiger partial charge in [0.25, 0.3) is 0 Å². The average molecular weight is 402 g/mol. The lowest BCUT2D eigenvalue weighted by molar-refractivity contribution is 0.212. The van der Waals surface area contributed by atoms with E-state index >= 15 is 0 Å². The maximum absolute atomic E-state index is 8.44. The second-order valence-corrected chi connectivity index (χ2v) is 8.04. The monoisotopic (exact) mass is 401 g/mol. The number of nitrogen functional groups attached to an aromatic ring is 1. The Labute approximate surface area is 171 Å². The third kappa shape index (κ3) is 5.43. The van der Waals surface area contributed by atoms with E-state index in [0.29, 0.717) is 22.7 Å². The molecule has 2 aromatic rings. The van der Waals surface area contributed by atoms with Crippen molar-refractivity contribution in [3.8, 4) is 17.3 Å². The Morgan fingerprint density at radius 3 is 2.50 bits per heavy atom. The van der Waals surface area contributed by atoms with Crippen molar-refractivity contribution in [1.82, 2.24) is 24.6 Å². The third-order valence-corrected chi connectivity index (χ3v) is 5.76. The fraction of sp³-hybridized carbons (Fsp3) is 0.600. The lowest BCUT2D eigenvalue weighted by atomic mass is 9.91. The number of hydrogen-bond donors (Lipinski definition) is 1. The molecule has 2 N–H and O–H groups in total. The Kier molecular flexibility index (Phi) is 7.24. The molecular weight excluding hydrogens is 374 g/mol. The van der Waals surface area contributed by atoms with Crippen molar-refractivity contribution in [2.24, 2.45) is 5.92 Å². The Bertz CT molecular complexity index is 799. The van der Waals surface area contributed by atoms with Gasteiger partial charge in [0.15, 0.2) is 0 Å². The Morgan fingerprint density at radius 1 is 1.14 bits per heavy atom. The number of piperidine rings is 1. The van der Waals surface area contributed by atoms with Crippen LogP contribution in [0.25, 0.3) is 11.3 Å². The highest BCUT2D eigenvalue weighted by atomic mass is 35.5. The van der Waals surface area contributed by atoms with Crippen LogP contribution in [-0.4, -0.2) is 44.8 Å². The molecule has 2 aromatic heterocycles. The summed E-state index contributed by atoms with van der Waals surface area (Å²) in [5, 5.41) is 13.4. The van der Waals surface area contributed by atoms with Crippen molar-refractivity contribution in [3.05, 3.63) is 23.6 Å². The fourth-order valence-corrected chi connectivity index (χ4v) is 3.93. The van der Waals surface area contributed by atoms with Crippen molar-refractivity contribution in [2.75, 3.05) is 25.9 Å². The molecule has 1 saturated carbocycles. The minimum absolute atomic E-state index is 0.219. The van der Waals surface area contributed by atoms with Crippen LogP contribution in [0.3, 0.4) is 0 Å². The SMILES string of the molecule is CN1CCC(n2cc(-c3nc(N)ncc3Cl)cn2)CC1.N#CC1CCCCC1. The van der Waals surface area contributed by atoms with E-state index in [2.05, 4.69) is 33.1 Å². The second kappa shape index (κ2) is 9.85. The Balaban J connectivity index is 0.000000236. The van der Waals surface area contributed by atoms with E-state index in [0.717, 1.165) is 44.3 Å². The standard InChI is InChI=1S/C13H17ClN6.C7H11N/c1-19-4-2-10(3-5-19)20-8-9(6-17-20)12-11(14)7-16-13(15)18-12;8-6-7-4-2-1-3-5-7/h6-8,10H,2-5H2,1H3,(H2,15,16,18);7H,1-5H2. The smallest absolute Gasteiger partial charge is 0.220 e. The summed E-state index contributed by atoms with van der Waals surface area (Å²) < 4.78 is 2.01. The maximum Gasteiger partial charge on any atom is 0.220 e. The Morgan fingerprint density at radius 2 is 1.86 bits per heavy atom. The van der Waals surface area contributed by atoms with Gasteiger partial charge in [-0.05, 0) is 45.8 Å². The highest BCUT2D eigenvalue weighted by Crippen LogP contribution is 2.28. The van der Waals surface area contributed by atoms with Crippen LogP contribution in [0.2, 0.25) is 5.02 Å². The van der Waals surface area contributed by atoms with Gasteiger partial charge in [0, 0.05) is 17.7 Å². The van der Waals surface area contributed by atoms with Gasteiger partial charge < -0.3 is 10.6 Å². The minimum Gasteiger partial charge on any atom is -0.368 e. The molecule has 0 unspecified atom stereocenters. The summed E-state index contributed by atoms with van der Waals surface area (Å²) in [6.45, 7) is 2.20. The first-order valence-electron chi connectivity index (χ1n) is 9.97. The van der Waals surface area contributed by atoms with Gasteiger partial charge in [-0.25, -0.2) is 9.97 Å². The molecule has 28 heavy (non-hydrogen) atoms. The summed E-state index contributed by atoms with van der Waals surface area (Å²) in [7, 11) is 2.15. The molecule has 0 spiro atoms. The molecular formula is C20H28ClN7. The van der Waals surface area contributed by atoms with Gasteiger partial charge in [0.2, 0.25) is 5.95 Å². The molecule has 0 amide bonds. The molecule has 1 aliphatic heterocycles. The highest BCUT2D eigenvalue weighted by Gasteiger charge is 2.20. The Hall–Kier alpha value is -2.17. The predicted molar refractivity (Wildman–Crippen MR) is 111 cm³/mol. The molecule has 1 aliphatic carbocycles. The number of anilines is 1. The normalized spacial score (nSPS) is 18.9. The van der Waals surface area contributed by atoms with Gasteiger partial charge in [-0.15, -0.1) is 0 Å². The molecule has 0 aromatic carbocycles. The van der Waals surface area contributed by atoms with Crippen molar-refractivity contribution in [2.45, 2.75) is 51.0 Å². The fourth-order valence-electron chi connectivity index (χ4n) is 3.73. The van der Waals surface area contributed by atoms with Crippen LogP contribution >= 0.6 is 11.6 Å². The molecule has 4 rings (SSSR count). The zero-order valence-corrected chi connectivity index (χ0v) is 17.1. The molecule has 3 heterocycles. The van der Waals surface area contributed by atoms with Gasteiger partial charge >= 0.3 is 0 Å². The minimum atomic E-state index is 0.219. The topological polar surface area (TPSA) is 96.7 Å². The number of nitriles is 1. The van der Waals surface area contributed by atoms with Gasteiger partial charge in [-0.3, -0.25) is 4.68 Å². The highest BCUT2D eigenvalue weighted by molar-refractivity contribution is 6.32. The van der Waals surface area contributed by atoms with Crippen LogP contribution in [0.5, 0.6) is 0 Å². The second-order valence-electron chi connectivity index (χ2n) is 7.63. The summed E-state index contributed by atoms with van der Waals surface area (Å²) in [4.78, 5) is 10.4. The summed E-state index contributed by atoms with van der Waals surface area (Å²) in [5.41, 5.74) is 7.13. The number of nitrogens with zero attached hydrogens (tertiary/aromatic N) is 6. The number of halogens is 1. The largest absolute Gasteiger partial charge is 0.368 e. The number of rotatable bonds is 2. The molecule has 1 saturated heterocycles. The van der Waals surface area contributed by atoms with Crippen LogP contribution in [-0.2, 0) is 0 Å². The first kappa shape index (κ1) is 20.6. The van der Waals surface area contributed by atoms with E-state index in [9.17, 15) is 0 Å². The summed E-state index contributed by atoms with van der Waals surface area (Å²) >= 11 is 6.12. The van der Waals surface area contributed by atoms with Gasteiger partial charge in [-0.2, -0.15) is 10.4 Å². The summed E-state index contributed by atoms with van der Waals surface area (Å²) in [6.07, 6.45) is 13.7. The number of nitrogens with two attached hydrogens (primary N) is 1. The van der Waals surface area contributed by atoms with Crippen molar-refractivity contribution in [3.63, 3.8) is 0 Å². The molecule has 0 atom stereocenters. The average Bonchev–Trinajstić information content (AvgIpc) is 3.21. The van der Waals surface area contributed by atoms with E-state index in [-0.39, 0.29) is 5.95 Å². The number of hydrogen-bond acceptors (Lipinski definition) is 6. The molecule has 0 radical (unpaired) electrons. The van der Waals surface area contributed by atoms with Crippen LogP contribution in [0.15, 0.2) is 18.6 Å². The zero-order valence-electron chi connectivity index (χ0n) is 16.4. The first-order chi connectivity index (χ1) is 13.6. The van der Waals surface area contributed by atoms with Crippen molar-refractivity contribution < 1.29 is 0 Å². The molecule has 150 valence electrons.